The molecule has 114 valence electrons. The Morgan fingerprint density at radius 2 is 2.05 bits per heavy atom. The summed E-state index contributed by atoms with van der Waals surface area (Å²) in [5.41, 5.74) is 0. The normalized spacial score (nSPS) is 10.4. The third-order valence-corrected chi connectivity index (χ3v) is 3.27. The number of nitrogens with one attached hydrogen (secondary N) is 1. The molecule has 2 amide bonds. The van der Waals surface area contributed by atoms with E-state index in [2.05, 4.69) is 27.9 Å². The summed E-state index contributed by atoms with van der Waals surface area (Å²) in [6, 6.07) is 7.49. The summed E-state index contributed by atoms with van der Waals surface area (Å²) in [5, 5.41) is 11.5. The summed E-state index contributed by atoms with van der Waals surface area (Å²) in [4.78, 5) is 23.2. The van der Waals surface area contributed by atoms with Gasteiger partial charge in [-0.25, -0.2) is 4.79 Å². The molecule has 0 aliphatic rings. The molecular formula is C14H17IN2O4. The Morgan fingerprint density at radius 1 is 1.38 bits per heavy atom. The summed E-state index contributed by atoms with van der Waals surface area (Å²) in [6.45, 7) is 0.610. The molecule has 0 heterocycles. The SMILES string of the molecule is CNC(=O)C=CCN(CCOc1ccc(I)cc1)C(=O)O. The number of amides is 2. The zero-order valence-corrected chi connectivity index (χ0v) is 13.7. The molecule has 2 N–H and O–H groups in total. The number of hydrogen-bond donors (Lipinski definition) is 2. The minimum atomic E-state index is -1.05. The molecule has 0 radical (unpaired) electrons. The van der Waals surface area contributed by atoms with Crippen LogP contribution in [-0.2, 0) is 4.79 Å². The molecule has 0 saturated heterocycles. The first-order valence-electron chi connectivity index (χ1n) is 6.27. The van der Waals surface area contributed by atoms with E-state index in [9.17, 15) is 9.59 Å². The second kappa shape index (κ2) is 9.22. The molecule has 1 aromatic carbocycles. The highest BCUT2D eigenvalue weighted by Crippen LogP contribution is 2.13. The van der Waals surface area contributed by atoms with Crippen LogP contribution in [0, 0.1) is 3.57 Å². The van der Waals surface area contributed by atoms with Crippen LogP contribution in [0.3, 0.4) is 0 Å². The number of benzene rings is 1. The molecule has 6 nitrogen and oxygen atoms in total. The molecule has 1 rings (SSSR count). The molecule has 7 heteroatoms. The van der Waals surface area contributed by atoms with Gasteiger partial charge in [-0.2, -0.15) is 0 Å². The van der Waals surface area contributed by atoms with Crippen LogP contribution in [0.15, 0.2) is 36.4 Å². The number of carboxylic acid groups (broad SMARTS) is 1. The maximum Gasteiger partial charge on any atom is 0.407 e. The van der Waals surface area contributed by atoms with Gasteiger partial charge in [-0.3, -0.25) is 4.79 Å². The quantitative estimate of drug-likeness (QED) is 0.538. The van der Waals surface area contributed by atoms with Crippen molar-refractivity contribution in [1.29, 1.82) is 0 Å². The average Bonchev–Trinajstić information content (AvgIpc) is 2.47. The Morgan fingerprint density at radius 3 is 2.62 bits per heavy atom. The van der Waals surface area contributed by atoms with Crippen molar-refractivity contribution < 1.29 is 19.4 Å². The lowest BCUT2D eigenvalue weighted by Crippen LogP contribution is -2.33. The van der Waals surface area contributed by atoms with Crippen molar-refractivity contribution in [1.82, 2.24) is 10.2 Å². The van der Waals surface area contributed by atoms with E-state index < -0.39 is 6.09 Å². The molecule has 0 aliphatic heterocycles. The first kappa shape index (κ1) is 17.3. The summed E-state index contributed by atoms with van der Waals surface area (Å²) in [7, 11) is 1.51. The van der Waals surface area contributed by atoms with Gasteiger partial charge in [0.25, 0.3) is 0 Å². The van der Waals surface area contributed by atoms with E-state index in [1.807, 2.05) is 24.3 Å². The van der Waals surface area contributed by atoms with Gasteiger partial charge >= 0.3 is 6.09 Å². The lowest BCUT2D eigenvalue weighted by Gasteiger charge is -2.17. The Labute approximate surface area is 136 Å². The Balaban J connectivity index is 2.40. The van der Waals surface area contributed by atoms with E-state index in [1.54, 1.807) is 0 Å². The predicted molar refractivity (Wildman–Crippen MR) is 87.5 cm³/mol. The average molecular weight is 404 g/mol. The van der Waals surface area contributed by atoms with Crippen LogP contribution in [0.1, 0.15) is 0 Å². The van der Waals surface area contributed by atoms with Gasteiger partial charge in [-0.1, -0.05) is 6.08 Å². The number of carbonyl (C=O) groups excluding carboxylic acids is 1. The van der Waals surface area contributed by atoms with Gasteiger partial charge in [0, 0.05) is 23.2 Å². The molecule has 0 aromatic heterocycles. The number of likely N-dealkylation sites (N-methyl/N-ethyl adjacent to an activating group) is 1. The Hall–Kier alpha value is -1.77. The van der Waals surface area contributed by atoms with Gasteiger partial charge in [0.1, 0.15) is 12.4 Å². The second-order valence-electron chi connectivity index (χ2n) is 4.05. The highest BCUT2D eigenvalue weighted by Gasteiger charge is 2.09. The van der Waals surface area contributed by atoms with E-state index in [0.717, 1.165) is 3.57 Å². The third-order valence-electron chi connectivity index (χ3n) is 2.56. The summed E-state index contributed by atoms with van der Waals surface area (Å²) in [6.07, 6.45) is 1.75. The monoisotopic (exact) mass is 404 g/mol. The Kier molecular flexibility index (Phi) is 7.59. The van der Waals surface area contributed by atoms with Crippen LogP contribution in [0.5, 0.6) is 5.75 Å². The highest BCUT2D eigenvalue weighted by atomic mass is 127. The largest absolute Gasteiger partial charge is 0.492 e. The van der Waals surface area contributed by atoms with Crippen molar-refractivity contribution >= 4 is 34.6 Å². The van der Waals surface area contributed by atoms with E-state index >= 15 is 0 Å². The summed E-state index contributed by atoms with van der Waals surface area (Å²) < 4.78 is 6.58. The molecule has 0 bridgehead atoms. The zero-order valence-electron chi connectivity index (χ0n) is 11.6. The molecule has 21 heavy (non-hydrogen) atoms. The van der Waals surface area contributed by atoms with Gasteiger partial charge < -0.3 is 20.1 Å². The van der Waals surface area contributed by atoms with Crippen LogP contribution in [-0.4, -0.2) is 48.8 Å². The zero-order chi connectivity index (χ0) is 15.7. The van der Waals surface area contributed by atoms with E-state index in [0.29, 0.717) is 5.75 Å². The molecule has 0 aliphatic carbocycles. The fourth-order valence-electron chi connectivity index (χ4n) is 1.44. The van der Waals surface area contributed by atoms with Gasteiger partial charge in [0.15, 0.2) is 0 Å². The molecule has 1 aromatic rings. The highest BCUT2D eigenvalue weighted by molar-refractivity contribution is 14.1. The van der Waals surface area contributed by atoms with Crippen LogP contribution in [0.2, 0.25) is 0 Å². The van der Waals surface area contributed by atoms with Crippen LogP contribution in [0.4, 0.5) is 4.79 Å². The number of carbonyl (C=O) groups is 2. The minimum absolute atomic E-state index is 0.138. The lowest BCUT2D eigenvalue weighted by atomic mass is 10.3. The number of halogens is 1. The number of hydrogen-bond acceptors (Lipinski definition) is 3. The molecule has 0 spiro atoms. The fraction of sp³-hybridized carbons (Fsp3) is 0.286. The van der Waals surface area contributed by atoms with Crippen LogP contribution < -0.4 is 10.1 Å². The molecule has 0 atom stereocenters. The molecule has 0 unspecified atom stereocenters. The third kappa shape index (κ3) is 6.98. The van der Waals surface area contributed by atoms with Crippen molar-refractivity contribution in [2.75, 3.05) is 26.7 Å². The number of nitrogens with zero attached hydrogens (tertiary/aromatic N) is 1. The van der Waals surface area contributed by atoms with E-state index in [-0.39, 0.29) is 25.6 Å². The molecule has 0 fully saturated rings. The van der Waals surface area contributed by atoms with Crippen LogP contribution >= 0.6 is 22.6 Å². The fourth-order valence-corrected chi connectivity index (χ4v) is 1.80. The summed E-state index contributed by atoms with van der Waals surface area (Å²) in [5.74, 6) is 0.428. The van der Waals surface area contributed by atoms with Crippen molar-refractivity contribution in [3.63, 3.8) is 0 Å². The first-order valence-corrected chi connectivity index (χ1v) is 7.35. The van der Waals surface area contributed by atoms with Crippen LogP contribution in [0.25, 0.3) is 0 Å². The van der Waals surface area contributed by atoms with Gasteiger partial charge in [0.05, 0.1) is 6.54 Å². The molecule has 0 saturated carbocycles. The maximum atomic E-state index is 11.1. The predicted octanol–water partition coefficient (Wildman–Crippen LogP) is 1.95. The maximum absolute atomic E-state index is 11.1. The minimum Gasteiger partial charge on any atom is -0.492 e. The second-order valence-corrected chi connectivity index (χ2v) is 5.29. The first-order chi connectivity index (χ1) is 10.0. The standard InChI is InChI=1S/C14H17IN2O4/c1-16-13(18)3-2-8-17(14(19)20)9-10-21-12-6-4-11(15)5-7-12/h2-7H,8-10H2,1H3,(H,16,18)(H,19,20). The van der Waals surface area contributed by atoms with E-state index in [1.165, 1.54) is 24.1 Å². The van der Waals surface area contributed by atoms with E-state index in [4.69, 9.17) is 9.84 Å². The van der Waals surface area contributed by atoms with Gasteiger partial charge in [0.2, 0.25) is 5.91 Å². The topological polar surface area (TPSA) is 78.9 Å². The number of ether oxygens (including phenoxy) is 1. The molecular weight excluding hydrogens is 387 g/mol. The number of rotatable bonds is 7. The van der Waals surface area contributed by atoms with Crippen molar-refractivity contribution in [2.24, 2.45) is 0 Å². The summed E-state index contributed by atoms with van der Waals surface area (Å²) >= 11 is 2.20. The smallest absolute Gasteiger partial charge is 0.407 e. The van der Waals surface area contributed by atoms with Gasteiger partial charge in [-0.05, 0) is 46.9 Å². The lowest BCUT2D eigenvalue weighted by molar-refractivity contribution is -0.116. The van der Waals surface area contributed by atoms with Crippen molar-refractivity contribution in [3.8, 4) is 5.75 Å². The van der Waals surface area contributed by atoms with Gasteiger partial charge in [-0.15, -0.1) is 0 Å². The van der Waals surface area contributed by atoms with Crippen molar-refractivity contribution in [3.05, 3.63) is 40.0 Å². The van der Waals surface area contributed by atoms with Crippen molar-refractivity contribution in [2.45, 2.75) is 0 Å². The Bertz CT molecular complexity index is 502.